The van der Waals surface area contributed by atoms with Crippen molar-refractivity contribution in [3.05, 3.63) is 49.0 Å². The van der Waals surface area contributed by atoms with Gasteiger partial charge in [0.25, 0.3) is 0 Å². The molecule has 2 aromatic rings. The van der Waals surface area contributed by atoms with E-state index in [1.165, 1.54) is 23.3 Å². The van der Waals surface area contributed by atoms with Crippen LogP contribution >= 0.6 is 43.2 Å². The van der Waals surface area contributed by atoms with Gasteiger partial charge in [-0.3, -0.25) is 0 Å². The molecular formula is C15H15Br2NOS. The van der Waals surface area contributed by atoms with E-state index in [0.717, 1.165) is 20.6 Å². The van der Waals surface area contributed by atoms with Gasteiger partial charge in [0.15, 0.2) is 0 Å². The van der Waals surface area contributed by atoms with Crippen molar-refractivity contribution in [2.24, 2.45) is 0 Å². The highest BCUT2D eigenvalue weighted by Crippen LogP contribution is 2.28. The van der Waals surface area contributed by atoms with Crippen molar-refractivity contribution in [2.45, 2.75) is 32.0 Å². The molecular weight excluding hydrogens is 402 g/mol. The Morgan fingerprint density at radius 2 is 2.05 bits per heavy atom. The van der Waals surface area contributed by atoms with Crippen molar-refractivity contribution >= 4 is 43.2 Å². The Morgan fingerprint density at radius 3 is 2.75 bits per heavy atom. The van der Waals surface area contributed by atoms with Crippen molar-refractivity contribution < 1.29 is 4.74 Å². The molecule has 1 aromatic carbocycles. The summed E-state index contributed by atoms with van der Waals surface area (Å²) in [6.45, 7) is 1.49. The molecule has 5 heteroatoms. The standard InChI is InChI=1S/C15H15Br2NOS/c16-11-1-5-14(10(7-11)8-18-12-2-3-12)19-9-13-4-6-15(17)20-13/h1,4-7,12,18H,2-3,8-9H2. The summed E-state index contributed by atoms with van der Waals surface area (Å²) >= 11 is 8.72. The quantitative estimate of drug-likeness (QED) is 0.706. The molecule has 1 heterocycles. The minimum atomic E-state index is 0.619. The molecule has 1 N–H and O–H groups in total. The lowest BCUT2D eigenvalue weighted by Crippen LogP contribution is -2.16. The van der Waals surface area contributed by atoms with Crippen LogP contribution in [0, 0.1) is 0 Å². The molecule has 0 unspecified atom stereocenters. The first-order chi connectivity index (χ1) is 9.70. The van der Waals surface area contributed by atoms with Crippen LogP contribution in [-0.2, 0) is 13.2 Å². The fourth-order valence-corrected chi connectivity index (χ4v) is 3.75. The van der Waals surface area contributed by atoms with Crippen LogP contribution in [0.15, 0.2) is 38.6 Å². The first-order valence-corrected chi connectivity index (χ1v) is 9.00. The van der Waals surface area contributed by atoms with Crippen LogP contribution < -0.4 is 10.1 Å². The van der Waals surface area contributed by atoms with E-state index < -0.39 is 0 Å². The zero-order valence-corrected chi connectivity index (χ0v) is 14.9. The molecule has 0 bridgehead atoms. The van der Waals surface area contributed by atoms with Gasteiger partial charge in [0, 0.05) is 27.5 Å². The van der Waals surface area contributed by atoms with E-state index in [4.69, 9.17) is 4.74 Å². The highest BCUT2D eigenvalue weighted by atomic mass is 79.9. The first-order valence-electron chi connectivity index (χ1n) is 6.59. The normalized spacial score (nSPS) is 14.5. The molecule has 0 saturated heterocycles. The van der Waals surface area contributed by atoms with Crippen molar-refractivity contribution in [3.8, 4) is 5.75 Å². The van der Waals surface area contributed by atoms with Gasteiger partial charge in [-0.25, -0.2) is 0 Å². The SMILES string of the molecule is Brc1ccc(OCc2ccc(Br)s2)c(CNC2CC2)c1. The van der Waals surface area contributed by atoms with Gasteiger partial charge in [-0.15, -0.1) is 11.3 Å². The second-order valence-corrected chi connectivity index (χ2v) is 8.36. The van der Waals surface area contributed by atoms with Gasteiger partial charge in [-0.05, 0) is 59.1 Å². The van der Waals surface area contributed by atoms with E-state index in [1.807, 2.05) is 12.1 Å². The highest BCUT2D eigenvalue weighted by Gasteiger charge is 2.20. The Kier molecular flexibility index (Phi) is 4.81. The molecule has 1 saturated carbocycles. The van der Waals surface area contributed by atoms with Crippen molar-refractivity contribution in [3.63, 3.8) is 0 Å². The molecule has 1 aliphatic carbocycles. The third-order valence-electron chi connectivity index (χ3n) is 3.18. The number of halogens is 2. The van der Waals surface area contributed by atoms with Gasteiger partial charge in [0.2, 0.25) is 0 Å². The van der Waals surface area contributed by atoms with E-state index in [2.05, 4.69) is 55.4 Å². The number of thiophene rings is 1. The molecule has 0 radical (unpaired) electrons. The van der Waals surface area contributed by atoms with E-state index in [-0.39, 0.29) is 0 Å². The Hall–Kier alpha value is -0.360. The van der Waals surface area contributed by atoms with Crippen molar-refractivity contribution in [1.29, 1.82) is 0 Å². The third kappa shape index (κ3) is 4.07. The summed E-state index contributed by atoms with van der Waals surface area (Å²) in [5.74, 6) is 0.964. The van der Waals surface area contributed by atoms with E-state index in [1.54, 1.807) is 11.3 Å². The highest BCUT2D eigenvalue weighted by molar-refractivity contribution is 9.11. The summed E-state index contributed by atoms with van der Waals surface area (Å²) in [7, 11) is 0. The van der Waals surface area contributed by atoms with Gasteiger partial charge in [0.05, 0.1) is 3.79 Å². The van der Waals surface area contributed by atoms with Crippen LogP contribution in [0.25, 0.3) is 0 Å². The van der Waals surface area contributed by atoms with Crippen LogP contribution in [0.5, 0.6) is 5.75 Å². The second kappa shape index (κ2) is 6.60. The lowest BCUT2D eigenvalue weighted by Gasteiger charge is -2.12. The number of hydrogen-bond donors (Lipinski definition) is 1. The third-order valence-corrected chi connectivity index (χ3v) is 5.27. The van der Waals surface area contributed by atoms with Crippen molar-refractivity contribution in [2.75, 3.05) is 0 Å². The first kappa shape index (κ1) is 14.6. The largest absolute Gasteiger partial charge is 0.488 e. The van der Waals surface area contributed by atoms with E-state index in [9.17, 15) is 0 Å². The Labute approximate surface area is 139 Å². The van der Waals surface area contributed by atoms with E-state index in [0.29, 0.717) is 12.6 Å². The topological polar surface area (TPSA) is 21.3 Å². The zero-order valence-electron chi connectivity index (χ0n) is 10.9. The molecule has 20 heavy (non-hydrogen) atoms. The molecule has 1 fully saturated rings. The maximum Gasteiger partial charge on any atom is 0.124 e. The van der Waals surface area contributed by atoms with Crippen LogP contribution in [0.3, 0.4) is 0 Å². The Bertz CT molecular complexity index is 595. The molecule has 3 rings (SSSR count). The van der Waals surface area contributed by atoms with Crippen LogP contribution in [0.2, 0.25) is 0 Å². The summed E-state index contributed by atoms with van der Waals surface area (Å²) in [6, 6.07) is 11.1. The lowest BCUT2D eigenvalue weighted by atomic mass is 10.2. The molecule has 0 atom stereocenters. The minimum absolute atomic E-state index is 0.619. The number of ether oxygens (including phenoxy) is 1. The number of benzene rings is 1. The summed E-state index contributed by atoms with van der Waals surface area (Å²) in [5, 5.41) is 3.54. The fraction of sp³-hybridized carbons (Fsp3) is 0.333. The van der Waals surface area contributed by atoms with Gasteiger partial charge >= 0.3 is 0 Å². The molecule has 1 aliphatic rings. The molecule has 0 aliphatic heterocycles. The maximum absolute atomic E-state index is 5.97. The molecule has 1 aromatic heterocycles. The van der Waals surface area contributed by atoms with Crippen molar-refractivity contribution in [1.82, 2.24) is 5.32 Å². The smallest absolute Gasteiger partial charge is 0.124 e. The monoisotopic (exact) mass is 415 g/mol. The Balaban J connectivity index is 1.66. The van der Waals surface area contributed by atoms with E-state index >= 15 is 0 Å². The zero-order chi connectivity index (χ0) is 13.9. The van der Waals surface area contributed by atoms with Gasteiger partial charge < -0.3 is 10.1 Å². The molecule has 106 valence electrons. The lowest BCUT2D eigenvalue weighted by molar-refractivity contribution is 0.305. The average Bonchev–Trinajstić information content (AvgIpc) is 3.17. The second-order valence-electron chi connectivity index (χ2n) is 4.90. The summed E-state index contributed by atoms with van der Waals surface area (Å²) < 4.78 is 8.21. The average molecular weight is 417 g/mol. The van der Waals surface area contributed by atoms with Gasteiger partial charge in [-0.2, -0.15) is 0 Å². The summed E-state index contributed by atoms with van der Waals surface area (Å²) in [5.41, 5.74) is 1.21. The van der Waals surface area contributed by atoms with Crippen LogP contribution in [0.4, 0.5) is 0 Å². The fourth-order valence-electron chi connectivity index (χ4n) is 1.95. The summed E-state index contributed by atoms with van der Waals surface area (Å²) in [4.78, 5) is 1.22. The number of rotatable bonds is 6. The minimum Gasteiger partial charge on any atom is -0.488 e. The number of hydrogen-bond acceptors (Lipinski definition) is 3. The van der Waals surface area contributed by atoms with Crippen LogP contribution in [-0.4, -0.2) is 6.04 Å². The molecule has 0 amide bonds. The van der Waals surface area contributed by atoms with Gasteiger partial charge in [-0.1, -0.05) is 15.9 Å². The van der Waals surface area contributed by atoms with Gasteiger partial charge in [0.1, 0.15) is 12.4 Å². The predicted molar refractivity (Wildman–Crippen MR) is 90.4 cm³/mol. The Morgan fingerprint density at radius 1 is 1.20 bits per heavy atom. The maximum atomic E-state index is 5.97. The number of nitrogens with one attached hydrogen (secondary N) is 1. The van der Waals surface area contributed by atoms with Crippen LogP contribution in [0.1, 0.15) is 23.3 Å². The molecule has 0 spiro atoms. The molecule has 2 nitrogen and oxygen atoms in total. The summed E-state index contributed by atoms with van der Waals surface area (Å²) in [6.07, 6.45) is 2.60. The predicted octanol–water partition coefficient (Wildman–Crippen LogP) is 5.10.